The van der Waals surface area contributed by atoms with Gasteiger partial charge in [0.25, 0.3) is 5.89 Å². The van der Waals surface area contributed by atoms with Crippen molar-refractivity contribution in [2.45, 2.75) is 64.8 Å². The van der Waals surface area contributed by atoms with Crippen LogP contribution in [0.15, 0.2) is 4.42 Å². The molecule has 4 rings (SSSR count). The molecule has 2 aliphatic heterocycles. The van der Waals surface area contributed by atoms with Crippen LogP contribution in [0.5, 0.6) is 0 Å². The SMILES string of the molecule is C[C@@H]1CCCN(C(=O)c2nc3c(o2)CCN(CC2CCCCC2)C3)C1. The second-order valence-electron chi connectivity index (χ2n) is 8.38. The highest BCUT2D eigenvalue weighted by Gasteiger charge is 2.30. The minimum atomic E-state index is -0.0141. The van der Waals surface area contributed by atoms with E-state index in [0.29, 0.717) is 11.8 Å². The van der Waals surface area contributed by atoms with E-state index in [1.807, 2.05) is 4.90 Å². The highest BCUT2D eigenvalue weighted by Crippen LogP contribution is 2.27. The highest BCUT2D eigenvalue weighted by molar-refractivity contribution is 5.89. The first-order chi connectivity index (χ1) is 12.2. The average Bonchev–Trinajstić information content (AvgIpc) is 3.05. The largest absolute Gasteiger partial charge is 0.437 e. The van der Waals surface area contributed by atoms with Gasteiger partial charge >= 0.3 is 5.91 Å². The number of amides is 1. The van der Waals surface area contributed by atoms with Gasteiger partial charge in [-0.05, 0) is 37.5 Å². The Kier molecular flexibility index (Phi) is 5.11. The van der Waals surface area contributed by atoms with Gasteiger partial charge in [-0.25, -0.2) is 4.98 Å². The molecule has 2 fully saturated rings. The fourth-order valence-electron chi connectivity index (χ4n) is 4.74. The Morgan fingerprint density at radius 1 is 1.16 bits per heavy atom. The summed E-state index contributed by atoms with van der Waals surface area (Å²) in [5.74, 6) is 2.66. The van der Waals surface area contributed by atoms with Crippen LogP contribution in [0.3, 0.4) is 0 Å². The number of likely N-dealkylation sites (tertiary alicyclic amines) is 1. The van der Waals surface area contributed by atoms with Gasteiger partial charge in [0.1, 0.15) is 5.76 Å². The molecule has 3 heterocycles. The highest BCUT2D eigenvalue weighted by atomic mass is 16.4. The normalized spacial score (nSPS) is 25.8. The van der Waals surface area contributed by atoms with Crippen LogP contribution < -0.4 is 0 Å². The lowest BCUT2D eigenvalue weighted by atomic mass is 9.88. The lowest BCUT2D eigenvalue weighted by molar-refractivity contribution is 0.0640. The van der Waals surface area contributed by atoms with Crippen molar-refractivity contribution in [1.29, 1.82) is 0 Å². The van der Waals surface area contributed by atoms with Crippen molar-refractivity contribution in [3.8, 4) is 0 Å². The van der Waals surface area contributed by atoms with E-state index in [1.54, 1.807) is 0 Å². The molecule has 5 heteroatoms. The van der Waals surface area contributed by atoms with Gasteiger partial charge in [-0.3, -0.25) is 9.69 Å². The fourth-order valence-corrected chi connectivity index (χ4v) is 4.74. The van der Waals surface area contributed by atoms with Crippen LogP contribution in [-0.2, 0) is 13.0 Å². The van der Waals surface area contributed by atoms with Gasteiger partial charge in [-0.2, -0.15) is 0 Å². The summed E-state index contributed by atoms with van der Waals surface area (Å²) in [6.07, 6.45) is 10.1. The summed E-state index contributed by atoms with van der Waals surface area (Å²) in [7, 11) is 0. The van der Waals surface area contributed by atoms with E-state index in [9.17, 15) is 4.79 Å². The summed E-state index contributed by atoms with van der Waals surface area (Å²) in [6, 6.07) is 0. The number of hydrogen-bond acceptors (Lipinski definition) is 4. The number of nitrogens with zero attached hydrogens (tertiary/aromatic N) is 3. The Labute approximate surface area is 150 Å². The molecule has 0 N–H and O–H groups in total. The minimum Gasteiger partial charge on any atom is -0.437 e. The van der Waals surface area contributed by atoms with Crippen molar-refractivity contribution in [2.24, 2.45) is 11.8 Å². The molecule has 1 aromatic heterocycles. The van der Waals surface area contributed by atoms with Crippen molar-refractivity contribution in [3.63, 3.8) is 0 Å². The second-order valence-corrected chi connectivity index (χ2v) is 8.38. The molecular weight excluding hydrogens is 314 g/mol. The Bertz CT molecular complexity index is 606. The molecule has 1 atom stereocenters. The smallest absolute Gasteiger partial charge is 0.309 e. The number of oxazole rings is 1. The first-order valence-corrected chi connectivity index (χ1v) is 10.2. The predicted octanol–water partition coefficient (Wildman–Crippen LogP) is 3.49. The van der Waals surface area contributed by atoms with Crippen LogP contribution in [0.1, 0.15) is 74.0 Å². The number of aromatic nitrogens is 1. The zero-order valence-electron chi connectivity index (χ0n) is 15.5. The molecule has 0 unspecified atom stereocenters. The molecule has 1 saturated heterocycles. The van der Waals surface area contributed by atoms with Gasteiger partial charge in [-0.15, -0.1) is 0 Å². The van der Waals surface area contributed by atoms with Crippen molar-refractivity contribution in [1.82, 2.24) is 14.8 Å². The molecule has 3 aliphatic rings. The molecule has 138 valence electrons. The van der Waals surface area contributed by atoms with E-state index < -0.39 is 0 Å². The van der Waals surface area contributed by atoms with E-state index in [2.05, 4.69) is 16.8 Å². The van der Waals surface area contributed by atoms with Crippen LogP contribution in [-0.4, -0.2) is 46.9 Å². The molecule has 1 amide bonds. The summed E-state index contributed by atoms with van der Waals surface area (Å²) in [6.45, 7) is 6.94. The predicted molar refractivity (Wildman–Crippen MR) is 96.4 cm³/mol. The third-order valence-electron chi connectivity index (χ3n) is 6.18. The van der Waals surface area contributed by atoms with E-state index in [-0.39, 0.29) is 5.91 Å². The maximum absolute atomic E-state index is 12.7. The van der Waals surface area contributed by atoms with Crippen LogP contribution in [0.4, 0.5) is 0 Å². The molecule has 1 saturated carbocycles. The summed E-state index contributed by atoms with van der Waals surface area (Å²) in [4.78, 5) is 21.7. The molecule has 0 aromatic carbocycles. The van der Waals surface area contributed by atoms with Gasteiger partial charge in [0.15, 0.2) is 0 Å². The molecular formula is C20H31N3O2. The standard InChI is InChI=1S/C20H31N3O2/c1-15-6-5-10-23(12-15)20(24)19-21-17-14-22(11-9-18(17)25-19)13-16-7-3-2-4-8-16/h15-16H,2-14H2,1H3/t15-/m1/s1. The summed E-state index contributed by atoms with van der Waals surface area (Å²) >= 11 is 0. The Hall–Kier alpha value is -1.36. The Morgan fingerprint density at radius 3 is 2.80 bits per heavy atom. The van der Waals surface area contributed by atoms with Crippen molar-refractivity contribution < 1.29 is 9.21 Å². The first kappa shape index (κ1) is 17.1. The Balaban J connectivity index is 1.39. The van der Waals surface area contributed by atoms with E-state index in [4.69, 9.17) is 4.42 Å². The minimum absolute atomic E-state index is 0.0141. The number of piperidine rings is 1. The van der Waals surface area contributed by atoms with E-state index >= 15 is 0 Å². The molecule has 5 nitrogen and oxygen atoms in total. The van der Waals surface area contributed by atoms with Gasteiger partial charge in [-0.1, -0.05) is 26.2 Å². The topological polar surface area (TPSA) is 49.6 Å². The summed E-state index contributed by atoms with van der Waals surface area (Å²) in [5.41, 5.74) is 0.996. The first-order valence-electron chi connectivity index (χ1n) is 10.2. The van der Waals surface area contributed by atoms with Crippen LogP contribution in [0, 0.1) is 11.8 Å². The van der Waals surface area contributed by atoms with Crippen molar-refractivity contribution >= 4 is 5.91 Å². The van der Waals surface area contributed by atoms with Crippen molar-refractivity contribution in [2.75, 3.05) is 26.2 Å². The lowest BCUT2D eigenvalue weighted by Gasteiger charge is -2.31. The van der Waals surface area contributed by atoms with E-state index in [1.165, 1.54) is 45.1 Å². The monoisotopic (exact) mass is 345 g/mol. The van der Waals surface area contributed by atoms with Crippen molar-refractivity contribution in [3.05, 3.63) is 17.3 Å². The van der Waals surface area contributed by atoms with Crippen LogP contribution in [0.2, 0.25) is 0 Å². The molecule has 0 bridgehead atoms. The fraction of sp³-hybridized carbons (Fsp3) is 0.800. The third-order valence-corrected chi connectivity index (χ3v) is 6.18. The third kappa shape index (κ3) is 3.91. The lowest BCUT2D eigenvalue weighted by Crippen LogP contribution is -2.39. The summed E-state index contributed by atoms with van der Waals surface area (Å²) in [5, 5.41) is 0. The second kappa shape index (κ2) is 7.48. The average molecular weight is 345 g/mol. The van der Waals surface area contributed by atoms with Gasteiger partial charge in [0.05, 0.1) is 5.69 Å². The maximum Gasteiger partial charge on any atom is 0.309 e. The van der Waals surface area contributed by atoms with Gasteiger partial charge in [0.2, 0.25) is 0 Å². The number of hydrogen-bond donors (Lipinski definition) is 0. The Morgan fingerprint density at radius 2 is 2.00 bits per heavy atom. The molecule has 0 radical (unpaired) electrons. The number of carbonyl (C=O) groups excluding carboxylic acids is 1. The van der Waals surface area contributed by atoms with Gasteiger partial charge in [0, 0.05) is 39.1 Å². The molecule has 0 spiro atoms. The number of fused-ring (bicyclic) bond motifs is 1. The van der Waals surface area contributed by atoms with Crippen LogP contribution >= 0.6 is 0 Å². The number of carbonyl (C=O) groups is 1. The molecule has 25 heavy (non-hydrogen) atoms. The summed E-state index contributed by atoms with van der Waals surface area (Å²) < 4.78 is 5.87. The molecule has 1 aromatic rings. The van der Waals surface area contributed by atoms with Crippen LogP contribution in [0.25, 0.3) is 0 Å². The zero-order valence-corrected chi connectivity index (χ0v) is 15.5. The quantitative estimate of drug-likeness (QED) is 0.841. The van der Waals surface area contributed by atoms with Gasteiger partial charge < -0.3 is 9.32 Å². The maximum atomic E-state index is 12.7. The zero-order chi connectivity index (χ0) is 17.2. The molecule has 1 aliphatic carbocycles. The van der Waals surface area contributed by atoms with E-state index in [0.717, 1.165) is 56.4 Å². The number of rotatable bonds is 3.